The van der Waals surface area contributed by atoms with Crippen LogP contribution in [0.2, 0.25) is 0 Å². The van der Waals surface area contributed by atoms with E-state index in [2.05, 4.69) is 53.4 Å². The minimum Gasteiger partial charge on any atom is -0.497 e. The third kappa shape index (κ3) is 5.63. The van der Waals surface area contributed by atoms with E-state index in [1.54, 1.807) is 7.11 Å². The Kier molecular flexibility index (Phi) is 7.56. The standard InChI is InChI=1S/C20H34N4O/c1-15(2)16(3)23-20(21-4)22-14-19(24-12-6-7-13-24)17-8-10-18(25-5)11-9-17/h8-11,15-16,19H,6-7,12-14H2,1-5H3,(H2,21,22,23). The molecule has 5 nitrogen and oxygen atoms in total. The molecule has 1 fully saturated rings. The Morgan fingerprint density at radius 2 is 1.80 bits per heavy atom. The van der Waals surface area contributed by atoms with Gasteiger partial charge in [-0.1, -0.05) is 26.0 Å². The zero-order valence-electron chi connectivity index (χ0n) is 16.4. The van der Waals surface area contributed by atoms with Gasteiger partial charge in [0.2, 0.25) is 0 Å². The largest absolute Gasteiger partial charge is 0.497 e. The lowest BCUT2D eigenvalue weighted by atomic mass is 10.1. The smallest absolute Gasteiger partial charge is 0.191 e. The minimum atomic E-state index is 0.348. The van der Waals surface area contributed by atoms with Crippen LogP contribution in [0.3, 0.4) is 0 Å². The highest BCUT2D eigenvalue weighted by molar-refractivity contribution is 5.80. The van der Waals surface area contributed by atoms with Gasteiger partial charge in [-0.3, -0.25) is 9.89 Å². The van der Waals surface area contributed by atoms with Crippen LogP contribution < -0.4 is 15.4 Å². The van der Waals surface area contributed by atoms with E-state index in [4.69, 9.17) is 4.74 Å². The maximum absolute atomic E-state index is 5.30. The molecule has 2 unspecified atom stereocenters. The molecule has 25 heavy (non-hydrogen) atoms. The molecule has 1 aliphatic heterocycles. The van der Waals surface area contributed by atoms with Gasteiger partial charge in [0.15, 0.2) is 5.96 Å². The molecule has 0 radical (unpaired) electrons. The summed E-state index contributed by atoms with van der Waals surface area (Å²) in [5, 5.41) is 7.01. The summed E-state index contributed by atoms with van der Waals surface area (Å²) in [5.41, 5.74) is 1.32. The van der Waals surface area contributed by atoms with Crippen LogP contribution in [0.25, 0.3) is 0 Å². The molecule has 1 saturated heterocycles. The predicted octanol–water partition coefficient (Wildman–Crippen LogP) is 3.04. The van der Waals surface area contributed by atoms with Gasteiger partial charge in [-0.2, -0.15) is 0 Å². The molecular formula is C20H34N4O. The second-order valence-electron chi connectivity index (χ2n) is 7.16. The van der Waals surface area contributed by atoms with Gasteiger partial charge in [0.25, 0.3) is 0 Å². The Labute approximate surface area is 152 Å². The van der Waals surface area contributed by atoms with Crippen LogP contribution in [0.5, 0.6) is 5.75 Å². The fourth-order valence-corrected chi connectivity index (χ4v) is 3.11. The van der Waals surface area contributed by atoms with E-state index < -0.39 is 0 Å². The van der Waals surface area contributed by atoms with Gasteiger partial charge in [0, 0.05) is 19.6 Å². The number of hydrogen-bond acceptors (Lipinski definition) is 3. The summed E-state index contributed by atoms with van der Waals surface area (Å²) in [6, 6.07) is 9.18. The molecule has 0 saturated carbocycles. The van der Waals surface area contributed by atoms with Crippen molar-refractivity contribution >= 4 is 5.96 Å². The molecule has 5 heteroatoms. The monoisotopic (exact) mass is 346 g/mol. The van der Waals surface area contributed by atoms with Gasteiger partial charge < -0.3 is 15.4 Å². The predicted molar refractivity (Wildman–Crippen MR) is 105 cm³/mol. The van der Waals surface area contributed by atoms with E-state index in [-0.39, 0.29) is 0 Å². The lowest BCUT2D eigenvalue weighted by Gasteiger charge is -2.29. The second-order valence-corrected chi connectivity index (χ2v) is 7.16. The molecule has 2 N–H and O–H groups in total. The topological polar surface area (TPSA) is 48.9 Å². The van der Waals surface area contributed by atoms with Crippen molar-refractivity contribution in [1.82, 2.24) is 15.5 Å². The zero-order chi connectivity index (χ0) is 18.2. The van der Waals surface area contributed by atoms with Crippen molar-refractivity contribution in [3.63, 3.8) is 0 Å². The van der Waals surface area contributed by atoms with Crippen molar-refractivity contribution in [1.29, 1.82) is 0 Å². The number of ether oxygens (including phenoxy) is 1. The third-order valence-electron chi connectivity index (χ3n) is 5.13. The average Bonchev–Trinajstić information content (AvgIpc) is 3.15. The van der Waals surface area contributed by atoms with Gasteiger partial charge in [0.05, 0.1) is 13.2 Å². The molecule has 0 aromatic heterocycles. The number of aliphatic imine (C=N–C) groups is 1. The molecule has 1 aromatic carbocycles. The summed E-state index contributed by atoms with van der Waals surface area (Å²) in [6.07, 6.45) is 2.56. The highest BCUT2D eigenvalue weighted by atomic mass is 16.5. The van der Waals surface area contributed by atoms with E-state index in [9.17, 15) is 0 Å². The van der Waals surface area contributed by atoms with Crippen molar-refractivity contribution in [2.45, 2.75) is 45.7 Å². The Bertz CT molecular complexity index is 535. The lowest BCUT2D eigenvalue weighted by Crippen LogP contribution is -2.46. The van der Waals surface area contributed by atoms with Crippen molar-refractivity contribution < 1.29 is 4.74 Å². The first-order valence-electron chi connectivity index (χ1n) is 9.40. The zero-order valence-corrected chi connectivity index (χ0v) is 16.4. The number of hydrogen-bond donors (Lipinski definition) is 2. The molecule has 1 aliphatic rings. The summed E-state index contributed by atoms with van der Waals surface area (Å²) in [5.74, 6) is 2.34. The molecule has 2 rings (SSSR count). The van der Waals surface area contributed by atoms with E-state index in [1.807, 2.05) is 19.2 Å². The van der Waals surface area contributed by atoms with Crippen molar-refractivity contribution in [3.8, 4) is 5.75 Å². The van der Waals surface area contributed by atoms with Crippen LogP contribution in [-0.4, -0.2) is 50.7 Å². The maximum Gasteiger partial charge on any atom is 0.191 e. The van der Waals surface area contributed by atoms with Crippen molar-refractivity contribution in [2.75, 3.05) is 33.8 Å². The van der Waals surface area contributed by atoms with Gasteiger partial charge >= 0.3 is 0 Å². The quantitative estimate of drug-likeness (QED) is 0.588. The summed E-state index contributed by atoms with van der Waals surface area (Å²) >= 11 is 0. The van der Waals surface area contributed by atoms with Crippen LogP contribution in [-0.2, 0) is 0 Å². The van der Waals surface area contributed by atoms with Crippen LogP contribution in [0.4, 0.5) is 0 Å². The number of benzene rings is 1. The molecule has 1 aromatic rings. The summed E-state index contributed by atoms with van der Waals surface area (Å²) in [6.45, 7) is 9.79. The molecule has 2 atom stereocenters. The number of methoxy groups -OCH3 is 1. The molecule has 0 bridgehead atoms. The van der Waals surface area contributed by atoms with Crippen LogP contribution >= 0.6 is 0 Å². The number of rotatable bonds is 7. The molecule has 140 valence electrons. The Hall–Kier alpha value is -1.75. The van der Waals surface area contributed by atoms with E-state index in [0.29, 0.717) is 18.0 Å². The Morgan fingerprint density at radius 1 is 1.16 bits per heavy atom. The Balaban J connectivity index is 2.05. The van der Waals surface area contributed by atoms with Gasteiger partial charge in [-0.05, 0) is 56.5 Å². The van der Waals surface area contributed by atoms with Gasteiger partial charge in [-0.25, -0.2) is 0 Å². The normalized spacial score (nSPS) is 18.2. The fraction of sp³-hybridized carbons (Fsp3) is 0.650. The van der Waals surface area contributed by atoms with Crippen LogP contribution in [0, 0.1) is 5.92 Å². The van der Waals surface area contributed by atoms with Crippen molar-refractivity contribution in [2.24, 2.45) is 10.9 Å². The second kappa shape index (κ2) is 9.66. The minimum absolute atomic E-state index is 0.348. The third-order valence-corrected chi connectivity index (χ3v) is 5.13. The van der Waals surface area contributed by atoms with Crippen LogP contribution in [0.1, 0.15) is 45.2 Å². The molecule has 0 aliphatic carbocycles. The first-order valence-corrected chi connectivity index (χ1v) is 9.40. The summed E-state index contributed by atoms with van der Waals surface area (Å²) in [7, 11) is 3.54. The van der Waals surface area contributed by atoms with Crippen LogP contribution in [0.15, 0.2) is 29.3 Å². The number of guanidine groups is 1. The Morgan fingerprint density at radius 3 is 2.32 bits per heavy atom. The highest BCUT2D eigenvalue weighted by Gasteiger charge is 2.24. The highest BCUT2D eigenvalue weighted by Crippen LogP contribution is 2.26. The SMILES string of the molecule is CN=C(NCC(c1ccc(OC)cc1)N1CCCC1)NC(C)C(C)C. The van der Waals surface area contributed by atoms with Crippen molar-refractivity contribution in [3.05, 3.63) is 29.8 Å². The molecule has 1 heterocycles. The number of likely N-dealkylation sites (tertiary alicyclic amines) is 1. The van der Waals surface area contributed by atoms with E-state index in [0.717, 1.165) is 31.3 Å². The van der Waals surface area contributed by atoms with Gasteiger partial charge in [-0.15, -0.1) is 0 Å². The first-order chi connectivity index (χ1) is 12.0. The summed E-state index contributed by atoms with van der Waals surface area (Å²) in [4.78, 5) is 6.95. The van der Waals surface area contributed by atoms with Gasteiger partial charge in [0.1, 0.15) is 5.75 Å². The van der Waals surface area contributed by atoms with E-state index in [1.165, 1.54) is 18.4 Å². The molecule has 0 spiro atoms. The maximum atomic E-state index is 5.30. The van der Waals surface area contributed by atoms with E-state index >= 15 is 0 Å². The first kappa shape index (κ1) is 19.6. The number of nitrogens with zero attached hydrogens (tertiary/aromatic N) is 2. The summed E-state index contributed by atoms with van der Waals surface area (Å²) < 4.78 is 5.30. The molecule has 0 amide bonds. The number of nitrogens with one attached hydrogen (secondary N) is 2. The molecular weight excluding hydrogens is 312 g/mol. The fourth-order valence-electron chi connectivity index (χ4n) is 3.11. The average molecular weight is 347 g/mol. The lowest BCUT2D eigenvalue weighted by molar-refractivity contribution is 0.245.